The van der Waals surface area contributed by atoms with E-state index >= 15 is 0 Å². The molecule has 0 saturated carbocycles. The summed E-state index contributed by atoms with van der Waals surface area (Å²) in [6, 6.07) is 10.2. The Morgan fingerprint density at radius 3 is 2.74 bits per heavy atom. The fourth-order valence-corrected chi connectivity index (χ4v) is 2.20. The minimum atomic E-state index is -0.318. The summed E-state index contributed by atoms with van der Waals surface area (Å²) in [4.78, 5) is 4.47. The van der Waals surface area contributed by atoms with Crippen LogP contribution in [0.3, 0.4) is 0 Å². The number of hydrogen-bond donors (Lipinski definition) is 1. The lowest BCUT2D eigenvalue weighted by Gasteiger charge is -2.19. The molecule has 0 spiro atoms. The van der Waals surface area contributed by atoms with Crippen LogP contribution in [0.2, 0.25) is 5.02 Å². The van der Waals surface area contributed by atoms with Crippen LogP contribution in [0.25, 0.3) is 0 Å². The summed E-state index contributed by atoms with van der Waals surface area (Å²) < 4.78 is 14.1. The third-order valence-corrected chi connectivity index (χ3v) is 3.12. The molecule has 2 rings (SSSR count). The maximum absolute atomic E-state index is 14.1. The minimum Gasteiger partial charge on any atom is -0.305 e. The van der Waals surface area contributed by atoms with E-state index in [0.29, 0.717) is 10.6 Å². The first kappa shape index (κ1) is 14.0. The molecule has 19 heavy (non-hydrogen) atoms. The topological polar surface area (TPSA) is 24.9 Å². The Morgan fingerprint density at radius 1 is 1.32 bits per heavy atom. The van der Waals surface area contributed by atoms with E-state index in [1.807, 2.05) is 32.0 Å². The zero-order chi connectivity index (χ0) is 13.8. The van der Waals surface area contributed by atoms with Crippen LogP contribution in [0.15, 0.2) is 36.4 Å². The molecule has 1 heterocycles. The second-order valence-electron chi connectivity index (χ2n) is 4.36. The number of halogens is 2. The van der Waals surface area contributed by atoms with Gasteiger partial charge in [-0.1, -0.05) is 30.7 Å². The van der Waals surface area contributed by atoms with Crippen LogP contribution in [0.5, 0.6) is 0 Å². The maximum atomic E-state index is 14.1. The van der Waals surface area contributed by atoms with Gasteiger partial charge in [0.05, 0.1) is 11.7 Å². The standard InChI is InChI=1S/C15H16ClFN2/c1-3-18-15(14-6-4-5-10(2)19-14)12-8-7-11(16)9-13(12)17/h4-9,15,18H,3H2,1-2H3. The van der Waals surface area contributed by atoms with Gasteiger partial charge in [-0.15, -0.1) is 0 Å². The number of benzene rings is 1. The Kier molecular flexibility index (Phi) is 4.51. The Labute approximate surface area is 117 Å². The van der Waals surface area contributed by atoms with Crippen molar-refractivity contribution in [3.63, 3.8) is 0 Å². The molecule has 0 bridgehead atoms. The van der Waals surface area contributed by atoms with Crippen molar-refractivity contribution in [3.8, 4) is 0 Å². The lowest BCUT2D eigenvalue weighted by Crippen LogP contribution is -2.24. The largest absolute Gasteiger partial charge is 0.305 e. The zero-order valence-corrected chi connectivity index (χ0v) is 11.7. The minimum absolute atomic E-state index is 0.262. The smallest absolute Gasteiger partial charge is 0.129 e. The van der Waals surface area contributed by atoms with Crippen LogP contribution >= 0.6 is 11.6 Å². The molecule has 1 aromatic carbocycles. The number of aryl methyl sites for hydroxylation is 1. The van der Waals surface area contributed by atoms with Crippen molar-refractivity contribution in [2.75, 3.05) is 6.54 Å². The molecular weight excluding hydrogens is 263 g/mol. The van der Waals surface area contributed by atoms with Gasteiger partial charge in [0.15, 0.2) is 0 Å². The van der Waals surface area contributed by atoms with E-state index in [4.69, 9.17) is 11.6 Å². The van der Waals surface area contributed by atoms with E-state index in [0.717, 1.165) is 17.9 Å². The number of nitrogens with zero attached hydrogens (tertiary/aromatic N) is 1. The third kappa shape index (κ3) is 3.31. The normalized spacial score (nSPS) is 12.4. The molecule has 2 aromatic rings. The van der Waals surface area contributed by atoms with E-state index in [9.17, 15) is 4.39 Å². The molecule has 0 saturated heterocycles. The van der Waals surface area contributed by atoms with Gasteiger partial charge in [-0.25, -0.2) is 4.39 Å². The van der Waals surface area contributed by atoms with Gasteiger partial charge in [0.1, 0.15) is 5.82 Å². The fourth-order valence-electron chi connectivity index (χ4n) is 2.04. The van der Waals surface area contributed by atoms with E-state index in [-0.39, 0.29) is 11.9 Å². The molecule has 1 unspecified atom stereocenters. The van der Waals surface area contributed by atoms with Crippen LogP contribution in [-0.4, -0.2) is 11.5 Å². The van der Waals surface area contributed by atoms with Crippen molar-refractivity contribution in [1.29, 1.82) is 0 Å². The summed E-state index contributed by atoms with van der Waals surface area (Å²) in [7, 11) is 0. The molecule has 0 aliphatic rings. The molecule has 0 aliphatic heterocycles. The zero-order valence-electron chi connectivity index (χ0n) is 11.0. The van der Waals surface area contributed by atoms with Crippen molar-refractivity contribution in [2.24, 2.45) is 0 Å². The van der Waals surface area contributed by atoms with Crippen LogP contribution in [0, 0.1) is 12.7 Å². The maximum Gasteiger partial charge on any atom is 0.129 e. The molecule has 0 aliphatic carbocycles. The molecule has 1 aromatic heterocycles. The van der Waals surface area contributed by atoms with Gasteiger partial charge >= 0.3 is 0 Å². The highest BCUT2D eigenvalue weighted by atomic mass is 35.5. The Hall–Kier alpha value is -1.45. The first-order chi connectivity index (χ1) is 9.11. The second-order valence-corrected chi connectivity index (χ2v) is 4.80. The summed E-state index contributed by atoms with van der Waals surface area (Å²) in [6.07, 6.45) is 0. The number of hydrogen-bond acceptors (Lipinski definition) is 2. The van der Waals surface area contributed by atoms with Crippen molar-refractivity contribution in [2.45, 2.75) is 19.9 Å². The van der Waals surface area contributed by atoms with E-state index in [1.54, 1.807) is 12.1 Å². The first-order valence-corrected chi connectivity index (χ1v) is 6.61. The summed E-state index contributed by atoms with van der Waals surface area (Å²) in [5.74, 6) is -0.318. The van der Waals surface area contributed by atoms with E-state index in [2.05, 4.69) is 10.3 Å². The van der Waals surface area contributed by atoms with Gasteiger partial charge in [-0.3, -0.25) is 4.98 Å². The average Bonchev–Trinajstić information content (AvgIpc) is 2.37. The van der Waals surface area contributed by atoms with Gasteiger partial charge in [-0.2, -0.15) is 0 Å². The highest BCUT2D eigenvalue weighted by Gasteiger charge is 2.18. The molecule has 0 radical (unpaired) electrons. The molecule has 1 N–H and O–H groups in total. The average molecular weight is 279 g/mol. The van der Waals surface area contributed by atoms with Crippen LogP contribution in [0.4, 0.5) is 4.39 Å². The molecule has 4 heteroatoms. The molecule has 2 nitrogen and oxygen atoms in total. The van der Waals surface area contributed by atoms with Crippen LogP contribution in [0.1, 0.15) is 29.9 Å². The monoisotopic (exact) mass is 278 g/mol. The Morgan fingerprint density at radius 2 is 2.11 bits per heavy atom. The summed E-state index contributed by atoms with van der Waals surface area (Å²) in [5.41, 5.74) is 2.28. The third-order valence-electron chi connectivity index (χ3n) is 2.89. The predicted octanol–water partition coefficient (Wildman–Crippen LogP) is 3.88. The summed E-state index contributed by atoms with van der Waals surface area (Å²) in [5, 5.41) is 3.65. The number of pyridine rings is 1. The Balaban J connectivity index is 2.45. The lowest BCUT2D eigenvalue weighted by atomic mass is 10.0. The second kappa shape index (κ2) is 6.13. The summed E-state index contributed by atoms with van der Waals surface area (Å²) in [6.45, 7) is 4.63. The van der Waals surface area contributed by atoms with Crippen molar-refractivity contribution in [1.82, 2.24) is 10.3 Å². The highest BCUT2D eigenvalue weighted by Crippen LogP contribution is 2.25. The van der Waals surface area contributed by atoms with Gasteiger partial charge in [0, 0.05) is 16.3 Å². The summed E-state index contributed by atoms with van der Waals surface area (Å²) >= 11 is 5.79. The number of rotatable bonds is 4. The van der Waals surface area contributed by atoms with Crippen molar-refractivity contribution < 1.29 is 4.39 Å². The quantitative estimate of drug-likeness (QED) is 0.918. The molecule has 100 valence electrons. The van der Waals surface area contributed by atoms with Crippen LogP contribution in [-0.2, 0) is 0 Å². The van der Waals surface area contributed by atoms with Gasteiger partial charge < -0.3 is 5.32 Å². The SMILES string of the molecule is CCNC(c1cccc(C)n1)c1ccc(Cl)cc1F. The molecule has 0 amide bonds. The van der Waals surface area contributed by atoms with Crippen molar-refractivity contribution >= 4 is 11.6 Å². The number of nitrogens with one attached hydrogen (secondary N) is 1. The Bertz CT molecular complexity index is 572. The van der Waals surface area contributed by atoms with Gasteiger partial charge in [0.2, 0.25) is 0 Å². The molecule has 1 atom stereocenters. The molecule has 0 fully saturated rings. The first-order valence-electron chi connectivity index (χ1n) is 6.23. The van der Waals surface area contributed by atoms with Gasteiger partial charge in [-0.05, 0) is 37.7 Å². The molecular formula is C15H16ClFN2. The predicted molar refractivity (Wildman–Crippen MR) is 75.9 cm³/mol. The van der Waals surface area contributed by atoms with E-state index < -0.39 is 0 Å². The van der Waals surface area contributed by atoms with Crippen LogP contribution < -0.4 is 5.32 Å². The van der Waals surface area contributed by atoms with E-state index in [1.165, 1.54) is 6.07 Å². The fraction of sp³-hybridized carbons (Fsp3) is 0.267. The van der Waals surface area contributed by atoms with Crippen molar-refractivity contribution in [3.05, 3.63) is 64.2 Å². The lowest BCUT2D eigenvalue weighted by molar-refractivity contribution is 0.551. The highest BCUT2D eigenvalue weighted by molar-refractivity contribution is 6.30. The number of aromatic nitrogens is 1. The van der Waals surface area contributed by atoms with Gasteiger partial charge in [0.25, 0.3) is 0 Å².